The molecule has 1 fully saturated rings. The van der Waals surface area contributed by atoms with Crippen LogP contribution in [0.1, 0.15) is 78.1 Å². The van der Waals surface area contributed by atoms with Gasteiger partial charge in [0.25, 0.3) is 0 Å². The fourth-order valence-corrected chi connectivity index (χ4v) is 5.57. The number of carbonyl (C=O) groups is 2. The Morgan fingerprint density at radius 2 is 1.60 bits per heavy atom. The maximum atomic E-state index is 12.1. The van der Waals surface area contributed by atoms with Gasteiger partial charge in [-0.3, -0.25) is 0 Å². The third-order valence-corrected chi connectivity index (χ3v) is 8.14. The van der Waals surface area contributed by atoms with E-state index in [1.165, 1.54) is 62.8 Å². The van der Waals surface area contributed by atoms with Gasteiger partial charge in [0.1, 0.15) is 5.69 Å². The van der Waals surface area contributed by atoms with Crippen LogP contribution in [0.3, 0.4) is 0 Å². The van der Waals surface area contributed by atoms with E-state index in [0.717, 1.165) is 36.3 Å². The Bertz CT molecular complexity index is 1220. The first-order chi connectivity index (χ1) is 20.5. The molecule has 3 aromatic rings. The summed E-state index contributed by atoms with van der Waals surface area (Å²) in [6.07, 6.45) is 12.0. The molecular formula is C33H43ClN4O3S. The highest BCUT2D eigenvalue weighted by Gasteiger charge is 2.22. The zero-order chi connectivity index (χ0) is 30.0. The van der Waals surface area contributed by atoms with E-state index < -0.39 is 0 Å². The van der Waals surface area contributed by atoms with Crippen molar-refractivity contribution in [2.45, 2.75) is 84.1 Å². The maximum Gasteiger partial charge on any atom is 0.372 e. The number of rotatable bonds is 11. The van der Waals surface area contributed by atoms with Crippen LogP contribution in [0.15, 0.2) is 66.7 Å². The second-order valence-corrected chi connectivity index (χ2v) is 12.0. The predicted octanol–water partition coefficient (Wildman–Crippen LogP) is 9.78. The lowest BCUT2D eigenvalue weighted by Gasteiger charge is -2.29. The average Bonchev–Trinajstić information content (AvgIpc) is 2.99. The molecule has 0 radical (unpaired) electrons. The second kappa shape index (κ2) is 19.2. The van der Waals surface area contributed by atoms with Gasteiger partial charge in [-0.05, 0) is 49.1 Å². The number of ether oxygens (including phenoxy) is 1. The number of carbonyl (C=O) groups excluding carboxylic acids is 2. The number of anilines is 1. The van der Waals surface area contributed by atoms with Gasteiger partial charge < -0.3 is 15.4 Å². The molecule has 1 aromatic heterocycles. The van der Waals surface area contributed by atoms with Crippen LogP contribution in [-0.4, -0.2) is 33.3 Å². The topological polar surface area (TPSA) is 93.2 Å². The van der Waals surface area contributed by atoms with Crippen LogP contribution < -0.4 is 15.4 Å². The van der Waals surface area contributed by atoms with Crippen molar-refractivity contribution in [1.82, 2.24) is 15.5 Å². The Kier molecular flexibility index (Phi) is 15.2. The molecule has 1 heterocycles. The molecule has 1 aliphatic carbocycles. The monoisotopic (exact) mass is 610 g/mol. The van der Waals surface area contributed by atoms with Crippen molar-refractivity contribution in [3.63, 3.8) is 0 Å². The largest absolute Gasteiger partial charge is 0.416 e. The van der Waals surface area contributed by atoms with Crippen LogP contribution >= 0.6 is 23.4 Å². The molecule has 2 unspecified atom stereocenters. The van der Waals surface area contributed by atoms with Crippen molar-refractivity contribution in [1.29, 1.82) is 0 Å². The number of hydrogen-bond acceptors (Lipinski definition) is 6. The van der Waals surface area contributed by atoms with Crippen molar-refractivity contribution >= 4 is 40.4 Å². The van der Waals surface area contributed by atoms with E-state index in [9.17, 15) is 9.59 Å². The zero-order valence-electron chi connectivity index (χ0n) is 24.7. The number of hydrogen-bond donors (Lipinski definition) is 2. The molecule has 0 spiro atoms. The van der Waals surface area contributed by atoms with E-state index in [1.54, 1.807) is 0 Å². The third-order valence-electron chi connectivity index (χ3n) is 7.15. The molecule has 0 saturated heterocycles. The van der Waals surface area contributed by atoms with Crippen molar-refractivity contribution in [2.75, 3.05) is 11.1 Å². The first-order valence-electron chi connectivity index (χ1n) is 15.0. The summed E-state index contributed by atoms with van der Waals surface area (Å²) in [6.45, 7) is 4.42. The Labute approximate surface area is 259 Å². The van der Waals surface area contributed by atoms with E-state index in [2.05, 4.69) is 34.7 Å². The minimum atomic E-state index is -0.338. The van der Waals surface area contributed by atoms with E-state index in [-0.39, 0.29) is 16.5 Å². The van der Waals surface area contributed by atoms with Gasteiger partial charge in [0.15, 0.2) is 10.9 Å². The van der Waals surface area contributed by atoms with Gasteiger partial charge >= 0.3 is 11.3 Å². The number of nitrogens with zero attached hydrogens (tertiary/aromatic N) is 2. The summed E-state index contributed by atoms with van der Waals surface area (Å²) in [6, 6.07) is 20.8. The third kappa shape index (κ3) is 12.4. The molecule has 1 aliphatic rings. The van der Waals surface area contributed by atoms with E-state index in [1.807, 2.05) is 60.7 Å². The molecule has 42 heavy (non-hydrogen) atoms. The van der Waals surface area contributed by atoms with Crippen molar-refractivity contribution in [3.8, 4) is 17.0 Å². The smallest absolute Gasteiger partial charge is 0.372 e. The Morgan fingerprint density at radius 1 is 0.929 bits per heavy atom. The summed E-state index contributed by atoms with van der Waals surface area (Å²) in [5.41, 5.74) is 2.18. The number of thioether (sulfide) groups is 1. The van der Waals surface area contributed by atoms with Crippen molar-refractivity contribution in [3.05, 3.63) is 71.9 Å². The van der Waals surface area contributed by atoms with Gasteiger partial charge in [-0.1, -0.05) is 119 Å². The normalized spacial score (nSPS) is 16.1. The zero-order valence-corrected chi connectivity index (χ0v) is 26.3. The van der Waals surface area contributed by atoms with Gasteiger partial charge in [0, 0.05) is 29.1 Å². The SMILES string of the molecule is CC1CCCCC1NC(=O)Nc1ccccc1.CCCCCCCCSC(=O)Oc1cc(Cl)nnc1-c1ccccc1. The first kappa shape index (κ1) is 33.4. The first-order valence-corrected chi connectivity index (χ1v) is 16.4. The maximum absolute atomic E-state index is 12.1. The summed E-state index contributed by atoms with van der Waals surface area (Å²) < 4.78 is 5.46. The van der Waals surface area contributed by atoms with Crippen LogP contribution in [0.2, 0.25) is 5.15 Å². The summed E-state index contributed by atoms with van der Waals surface area (Å²) >= 11 is 7.10. The molecule has 0 aliphatic heterocycles. The van der Waals surface area contributed by atoms with Crippen LogP contribution in [0.5, 0.6) is 5.75 Å². The van der Waals surface area contributed by atoms with E-state index in [0.29, 0.717) is 23.4 Å². The van der Waals surface area contributed by atoms with Crippen LogP contribution in [-0.2, 0) is 0 Å². The number of aromatic nitrogens is 2. The Balaban J connectivity index is 0.000000247. The van der Waals surface area contributed by atoms with Gasteiger partial charge in [0.05, 0.1) is 0 Å². The molecule has 0 bridgehead atoms. The van der Waals surface area contributed by atoms with Gasteiger partial charge in [-0.25, -0.2) is 9.59 Å². The number of benzene rings is 2. The predicted molar refractivity (Wildman–Crippen MR) is 174 cm³/mol. The summed E-state index contributed by atoms with van der Waals surface area (Å²) in [4.78, 5) is 23.9. The summed E-state index contributed by atoms with van der Waals surface area (Å²) in [7, 11) is 0. The molecule has 2 amide bonds. The molecule has 2 atom stereocenters. The minimum Gasteiger partial charge on any atom is -0.416 e. The number of amides is 2. The van der Waals surface area contributed by atoms with Crippen LogP contribution in [0.25, 0.3) is 11.3 Å². The Morgan fingerprint density at radius 3 is 2.31 bits per heavy atom. The average molecular weight is 611 g/mol. The molecule has 9 heteroatoms. The number of unbranched alkanes of at least 4 members (excludes halogenated alkanes) is 5. The highest BCUT2D eigenvalue weighted by atomic mass is 35.5. The van der Waals surface area contributed by atoms with E-state index >= 15 is 0 Å². The molecule has 2 aromatic carbocycles. The number of halogens is 1. The van der Waals surface area contributed by atoms with Crippen LogP contribution in [0.4, 0.5) is 15.3 Å². The van der Waals surface area contributed by atoms with Crippen LogP contribution in [0, 0.1) is 5.92 Å². The number of nitrogens with one attached hydrogen (secondary N) is 2. The van der Waals surface area contributed by atoms with E-state index in [4.69, 9.17) is 16.3 Å². The number of para-hydroxylation sites is 1. The highest BCUT2D eigenvalue weighted by Crippen LogP contribution is 2.30. The number of urea groups is 1. The minimum absolute atomic E-state index is 0.0880. The highest BCUT2D eigenvalue weighted by molar-refractivity contribution is 8.13. The summed E-state index contributed by atoms with van der Waals surface area (Å²) in [5.74, 6) is 1.69. The molecule has 1 saturated carbocycles. The second-order valence-electron chi connectivity index (χ2n) is 10.5. The molecule has 2 N–H and O–H groups in total. The fourth-order valence-electron chi connectivity index (χ4n) is 4.77. The summed E-state index contributed by atoms with van der Waals surface area (Å²) in [5, 5.41) is 13.7. The van der Waals surface area contributed by atoms with Gasteiger partial charge in [0.2, 0.25) is 0 Å². The van der Waals surface area contributed by atoms with Crippen molar-refractivity contribution < 1.29 is 14.3 Å². The lowest BCUT2D eigenvalue weighted by atomic mass is 9.86. The quantitative estimate of drug-likeness (QED) is 0.166. The lowest BCUT2D eigenvalue weighted by molar-refractivity contribution is 0.227. The molecular weight excluding hydrogens is 568 g/mol. The lowest BCUT2D eigenvalue weighted by Crippen LogP contribution is -2.43. The van der Waals surface area contributed by atoms with Crippen molar-refractivity contribution in [2.24, 2.45) is 5.92 Å². The molecule has 226 valence electrons. The molecule has 7 nitrogen and oxygen atoms in total. The van der Waals surface area contributed by atoms with Gasteiger partial charge in [-0.2, -0.15) is 0 Å². The fraction of sp³-hybridized carbons (Fsp3) is 0.455. The van der Waals surface area contributed by atoms with Gasteiger partial charge in [-0.15, -0.1) is 10.2 Å². The molecule has 4 rings (SSSR count). The standard InChI is InChI=1S/C19H23ClN2O2S.C14H20N2O/c1-2-3-4-5-6-10-13-25-19(23)24-16-14-17(20)21-22-18(16)15-11-8-7-9-12-15;1-11-7-5-6-10-13(11)16-14(17)15-12-8-3-2-4-9-12/h7-9,11-12,14H,2-6,10,13H2,1H3;2-4,8-9,11,13H,5-7,10H2,1H3,(H2,15,16,17). The Hall–Kier alpha value is -3.10.